The van der Waals surface area contributed by atoms with Gasteiger partial charge in [-0.15, -0.1) is 4.98 Å². The van der Waals surface area contributed by atoms with E-state index in [4.69, 9.17) is 6.57 Å². The van der Waals surface area contributed by atoms with Crippen molar-refractivity contribution in [1.82, 2.24) is 4.98 Å². The van der Waals surface area contributed by atoms with Gasteiger partial charge in [-0.25, -0.2) is 0 Å². The molecule has 43 heavy (non-hydrogen) atoms. The molecule has 0 saturated heterocycles. The molecule has 7 aromatic rings. The highest BCUT2D eigenvalue weighted by molar-refractivity contribution is 6.04. The number of aromatic nitrogens is 1. The summed E-state index contributed by atoms with van der Waals surface area (Å²) in [5.41, 5.74) is 11.6. The van der Waals surface area contributed by atoms with E-state index in [1.165, 1.54) is 44.2 Å². The standard InChI is InChI=1S/C41H26N2/c1-42-39-27-32(23-24-43-39)30-13-10-12-29(25-30)31-19-21-36-38(26-31)41(33-14-4-2-5-15-33,34-16-6-3-7-17-34)37-22-20-28-11-8-9-18-35(28)40(36)37/h2-27H. The van der Waals surface area contributed by atoms with Gasteiger partial charge in [-0.2, -0.15) is 0 Å². The smallest absolute Gasteiger partial charge is 0.270 e. The number of hydrogen-bond donors (Lipinski definition) is 0. The molecule has 0 atom stereocenters. The quantitative estimate of drug-likeness (QED) is 0.201. The lowest BCUT2D eigenvalue weighted by Crippen LogP contribution is -2.28. The fourth-order valence-electron chi connectivity index (χ4n) is 6.97. The first-order valence-corrected chi connectivity index (χ1v) is 14.5. The zero-order valence-electron chi connectivity index (χ0n) is 23.4. The Labute approximate surface area is 251 Å². The summed E-state index contributed by atoms with van der Waals surface area (Å²) in [5.74, 6) is 0.404. The van der Waals surface area contributed by atoms with Crippen LogP contribution in [0.25, 0.3) is 49.0 Å². The van der Waals surface area contributed by atoms with Gasteiger partial charge in [0.1, 0.15) is 6.20 Å². The predicted molar refractivity (Wildman–Crippen MR) is 176 cm³/mol. The van der Waals surface area contributed by atoms with Crippen molar-refractivity contribution < 1.29 is 0 Å². The molecule has 1 aliphatic carbocycles. The molecule has 2 nitrogen and oxygen atoms in total. The highest BCUT2D eigenvalue weighted by Gasteiger charge is 2.46. The minimum atomic E-state index is -0.472. The van der Waals surface area contributed by atoms with E-state index in [2.05, 4.69) is 149 Å². The van der Waals surface area contributed by atoms with Gasteiger partial charge < -0.3 is 4.85 Å². The molecule has 0 amide bonds. The Balaban J connectivity index is 1.42. The monoisotopic (exact) mass is 546 g/mol. The molecule has 0 saturated carbocycles. The van der Waals surface area contributed by atoms with Crippen molar-refractivity contribution in [3.05, 3.63) is 192 Å². The summed E-state index contributed by atoms with van der Waals surface area (Å²) in [6, 6.07) is 54.6. The lowest BCUT2D eigenvalue weighted by atomic mass is 9.67. The van der Waals surface area contributed by atoms with Crippen LogP contribution in [0.4, 0.5) is 5.82 Å². The zero-order valence-corrected chi connectivity index (χ0v) is 23.4. The van der Waals surface area contributed by atoms with Gasteiger partial charge in [-0.1, -0.05) is 134 Å². The van der Waals surface area contributed by atoms with E-state index in [0.29, 0.717) is 5.82 Å². The van der Waals surface area contributed by atoms with Crippen molar-refractivity contribution in [2.75, 3.05) is 0 Å². The molecule has 0 radical (unpaired) electrons. The SMILES string of the molecule is [C-]#[N+]c1cc(-c2cccc(-c3ccc4c(c3)C(c3ccccc3)(c3ccccc3)c3ccc5ccccc5c3-4)c2)ccn1. The highest BCUT2D eigenvalue weighted by Crippen LogP contribution is 2.58. The molecular weight excluding hydrogens is 520 g/mol. The molecule has 2 heteroatoms. The summed E-state index contributed by atoms with van der Waals surface area (Å²) in [4.78, 5) is 7.69. The summed E-state index contributed by atoms with van der Waals surface area (Å²) >= 11 is 0. The van der Waals surface area contributed by atoms with Crippen LogP contribution in [-0.4, -0.2) is 4.98 Å². The predicted octanol–water partition coefficient (Wildman–Crippen LogP) is 10.5. The summed E-state index contributed by atoms with van der Waals surface area (Å²) < 4.78 is 0. The molecule has 0 aliphatic heterocycles. The molecule has 8 rings (SSSR count). The van der Waals surface area contributed by atoms with Crippen molar-refractivity contribution >= 4 is 16.6 Å². The Hall–Kier alpha value is -5.78. The Morgan fingerprint density at radius 3 is 1.88 bits per heavy atom. The second-order valence-electron chi connectivity index (χ2n) is 11.0. The van der Waals surface area contributed by atoms with Crippen LogP contribution >= 0.6 is 0 Å². The first kappa shape index (κ1) is 25.0. The van der Waals surface area contributed by atoms with Crippen molar-refractivity contribution in [3.63, 3.8) is 0 Å². The molecule has 0 spiro atoms. The summed E-state index contributed by atoms with van der Waals surface area (Å²) in [7, 11) is 0. The maximum atomic E-state index is 7.40. The van der Waals surface area contributed by atoms with Crippen molar-refractivity contribution in [1.29, 1.82) is 0 Å². The maximum Gasteiger partial charge on any atom is 0.270 e. The molecule has 200 valence electrons. The minimum absolute atomic E-state index is 0.404. The van der Waals surface area contributed by atoms with Gasteiger partial charge in [-0.3, -0.25) is 0 Å². The van der Waals surface area contributed by atoms with Crippen LogP contribution in [0.1, 0.15) is 22.3 Å². The zero-order chi connectivity index (χ0) is 28.8. The summed E-state index contributed by atoms with van der Waals surface area (Å²) in [6.45, 7) is 7.40. The second-order valence-corrected chi connectivity index (χ2v) is 11.0. The van der Waals surface area contributed by atoms with Crippen LogP contribution in [0.3, 0.4) is 0 Å². The van der Waals surface area contributed by atoms with Gasteiger partial charge in [-0.05, 0) is 90.7 Å². The van der Waals surface area contributed by atoms with Crippen LogP contribution in [0.5, 0.6) is 0 Å². The van der Waals surface area contributed by atoms with E-state index in [0.717, 1.165) is 22.3 Å². The summed E-state index contributed by atoms with van der Waals surface area (Å²) in [6.07, 6.45) is 1.71. The van der Waals surface area contributed by atoms with Gasteiger partial charge in [0.15, 0.2) is 0 Å². The number of pyridine rings is 1. The number of fused-ring (bicyclic) bond motifs is 5. The Kier molecular flexibility index (Phi) is 5.77. The molecule has 0 N–H and O–H groups in total. The van der Waals surface area contributed by atoms with Crippen molar-refractivity contribution in [3.8, 4) is 33.4 Å². The second kappa shape index (κ2) is 9.94. The van der Waals surface area contributed by atoms with Crippen LogP contribution in [0.2, 0.25) is 0 Å². The molecule has 6 aromatic carbocycles. The average Bonchev–Trinajstić information content (AvgIpc) is 3.40. The molecule has 0 fully saturated rings. The topological polar surface area (TPSA) is 17.2 Å². The average molecular weight is 547 g/mol. The fraction of sp³-hybridized carbons (Fsp3) is 0.0244. The van der Waals surface area contributed by atoms with E-state index in [-0.39, 0.29) is 0 Å². The normalized spacial score (nSPS) is 12.8. The number of hydrogen-bond acceptors (Lipinski definition) is 1. The van der Waals surface area contributed by atoms with Crippen LogP contribution in [0, 0.1) is 6.57 Å². The maximum absolute atomic E-state index is 7.40. The Morgan fingerprint density at radius 1 is 0.512 bits per heavy atom. The van der Waals surface area contributed by atoms with E-state index < -0.39 is 5.41 Å². The van der Waals surface area contributed by atoms with Crippen LogP contribution < -0.4 is 0 Å². The van der Waals surface area contributed by atoms with Crippen molar-refractivity contribution in [2.45, 2.75) is 5.41 Å². The third kappa shape index (κ3) is 3.83. The lowest BCUT2D eigenvalue weighted by Gasteiger charge is -2.34. The highest BCUT2D eigenvalue weighted by atomic mass is 14.8. The molecule has 0 bridgehead atoms. The third-order valence-electron chi connectivity index (χ3n) is 8.83. The van der Waals surface area contributed by atoms with Gasteiger partial charge in [0.2, 0.25) is 0 Å². The number of benzene rings is 6. The minimum Gasteiger partial charge on any atom is -0.361 e. The number of nitrogens with zero attached hydrogens (tertiary/aromatic N) is 2. The molecule has 1 aliphatic rings. The van der Waals surface area contributed by atoms with E-state index in [1.807, 2.05) is 12.1 Å². The van der Waals surface area contributed by atoms with Gasteiger partial charge >= 0.3 is 0 Å². The molecule has 1 aromatic heterocycles. The molecular formula is C41H26N2. The molecule has 0 unspecified atom stereocenters. The lowest BCUT2D eigenvalue weighted by molar-refractivity contribution is 0.769. The Bertz CT molecular complexity index is 2150. The fourth-order valence-corrected chi connectivity index (χ4v) is 6.97. The van der Waals surface area contributed by atoms with E-state index in [1.54, 1.807) is 6.20 Å². The van der Waals surface area contributed by atoms with Crippen LogP contribution in [0.15, 0.2) is 158 Å². The van der Waals surface area contributed by atoms with Gasteiger partial charge in [0.05, 0.1) is 5.41 Å². The van der Waals surface area contributed by atoms with Crippen LogP contribution in [-0.2, 0) is 5.41 Å². The Morgan fingerprint density at radius 2 is 1.16 bits per heavy atom. The first-order chi connectivity index (χ1) is 21.3. The largest absolute Gasteiger partial charge is 0.361 e. The first-order valence-electron chi connectivity index (χ1n) is 14.5. The number of rotatable bonds is 4. The van der Waals surface area contributed by atoms with E-state index >= 15 is 0 Å². The van der Waals surface area contributed by atoms with Gasteiger partial charge in [0, 0.05) is 0 Å². The molecule has 1 heterocycles. The third-order valence-corrected chi connectivity index (χ3v) is 8.83. The van der Waals surface area contributed by atoms with E-state index in [9.17, 15) is 0 Å². The van der Waals surface area contributed by atoms with Gasteiger partial charge in [0.25, 0.3) is 5.82 Å². The summed E-state index contributed by atoms with van der Waals surface area (Å²) in [5, 5.41) is 2.52. The van der Waals surface area contributed by atoms with Crippen molar-refractivity contribution in [2.24, 2.45) is 0 Å².